The molecule has 1 aromatic carbocycles. The van der Waals surface area contributed by atoms with Gasteiger partial charge in [-0.2, -0.15) is 5.10 Å². The molecule has 0 saturated heterocycles. The summed E-state index contributed by atoms with van der Waals surface area (Å²) in [6.45, 7) is 0. The van der Waals surface area contributed by atoms with Crippen LogP contribution >= 0.6 is 11.6 Å². The summed E-state index contributed by atoms with van der Waals surface area (Å²) in [5.41, 5.74) is 1.87. The Labute approximate surface area is 122 Å². The number of benzene rings is 1. The number of nitrogens with one attached hydrogen (secondary N) is 1. The zero-order valence-electron chi connectivity index (χ0n) is 11.3. The number of hydrogen-bond acceptors (Lipinski definition) is 3. The SMILES string of the molecule is CNC(c1nccc2ccccc12)c1c(Cl)cnn1C. The summed E-state index contributed by atoms with van der Waals surface area (Å²) in [5.74, 6) is 0. The lowest BCUT2D eigenvalue weighted by molar-refractivity contribution is 0.598. The summed E-state index contributed by atoms with van der Waals surface area (Å²) >= 11 is 6.27. The number of nitrogens with zero attached hydrogens (tertiary/aromatic N) is 3. The van der Waals surface area contributed by atoms with Gasteiger partial charge in [-0.1, -0.05) is 35.9 Å². The second kappa shape index (κ2) is 5.23. The van der Waals surface area contributed by atoms with E-state index < -0.39 is 0 Å². The van der Waals surface area contributed by atoms with Gasteiger partial charge in [0.25, 0.3) is 0 Å². The van der Waals surface area contributed by atoms with Crippen LogP contribution in [-0.4, -0.2) is 21.8 Å². The van der Waals surface area contributed by atoms with Gasteiger partial charge in [0.05, 0.1) is 28.6 Å². The first-order chi connectivity index (χ1) is 9.72. The fourth-order valence-electron chi connectivity index (χ4n) is 2.52. The second-order valence-corrected chi connectivity index (χ2v) is 5.05. The van der Waals surface area contributed by atoms with Crippen molar-refractivity contribution >= 4 is 22.4 Å². The average molecular weight is 287 g/mol. The van der Waals surface area contributed by atoms with Crippen LogP contribution in [-0.2, 0) is 7.05 Å². The van der Waals surface area contributed by atoms with E-state index in [0.29, 0.717) is 5.02 Å². The highest BCUT2D eigenvalue weighted by Gasteiger charge is 2.22. The van der Waals surface area contributed by atoms with Crippen LogP contribution in [0.1, 0.15) is 17.4 Å². The van der Waals surface area contributed by atoms with Crippen LogP contribution in [0.3, 0.4) is 0 Å². The highest BCUT2D eigenvalue weighted by molar-refractivity contribution is 6.31. The van der Waals surface area contributed by atoms with E-state index in [0.717, 1.165) is 22.2 Å². The molecule has 5 heteroatoms. The lowest BCUT2D eigenvalue weighted by atomic mass is 10.0. The maximum atomic E-state index is 6.27. The molecule has 102 valence electrons. The zero-order valence-corrected chi connectivity index (χ0v) is 12.1. The fourth-order valence-corrected chi connectivity index (χ4v) is 2.80. The Morgan fingerprint density at radius 1 is 1.25 bits per heavy atom. The van der Waals surface area contributed by atoms with Crippen LogP contribution in [0.5, 0.6) is 0 Å². The van der Waals surface area contributed by atoms with Crippen LogP contribution in [0.4, 0.5) is 0 Å². The summed E-state index contributed by atoms with van der Waals surface area (Å²) < 4.78 is 1.78. The minimum Gasteiger partial charge on any atom is -0.307 e. The van der Waals surface area contributed by atoms with Crippen molar-refractivity contribution in [1.82, 2.24) is 20.1 Å². The molecule has 3 rings (SSSR count). The monoisotopic (exact) mass is 286 g/mol. The van der Waals surface area contributed by atoms with Crippen molar-refractivity contribution in [2.45, 2.75) is 6.04 Å². The fraction of sp³-hybridized carbons (Fsp3) is 0.200. The molecule has 20 heavy (non-hydrogen) atoms. The number of rotatable bonds is 3. The van der Waals surface area contributed by atoms with E-state index in [1.54, 1.807) is 10.9 Å². The lowest BCUT2D eigenvalue weighted by Crippen LogP contribution is -2.22. The molecule has 0 fully saturated rings. The maximum absolute atomic E-state index is 6.27. The molecular formula is C15H15ClN4. The molecule has 0 aliphatic heterocycles. The van der Waals surface area contributed by atoms with Crippen LogP contribution < -0.4 is 5.32 Å². The van der Waals surface area contributed by atoms with Gasteiger partial charge in [-0.15, -0.1) is 0 Å². The van der Waals surface area contributed by atoms with Gasteiger partial charge in [-0.05, 0) is 18.5 Å². The largest absolute Gasteiger partial charge is 0.307 e. The molecule has 3 aromatic rings. The van der Waals surface area contributed by atoms with E-state index in [1.807, 2.05) is 38.5 Å². The van der Waals surface area contributed by atoms with Crippen LogP contribution in [0.15, 0.2) is 42.7 Å². The van der Waals surface area contributed by atoms with E-state index in [9.17, 15) is 0 Å². The Bertz CT molecular complexity index is 726. The molecule has 2 heterocycles. The second-order valence-electron chi connectivity index (χ2n) is 4.64. The Kier molecular flexibility index (Phi) is 3.42. The van der Waals surface area contributed by atoms with Gasteiger partial charge >= 0.3 is 0 Å². The van der Waals surface area contributed by atoms with Crippen LogP contribution in [0.25, 0.3) is 10.8 Å². The number of aryl methyl sites for hydroxylation is 1. The number of fused-ring (bicyclic) bond motifs is 1. The average Bonchev–Trinajstić information content (AvgIpc) is 2.81. The predicted octanol–water partition coefficient (Wildman–Crippen LogP) is 2.93. The van der Waals surface area contributed by atoms with Gasteiger partial charge in [0, 0.05) is 18.6 Å². The van der Waals surface area contributed by atoms with E-state index in [-0.39, 0.29) is 6.04 Å². The third-order valence-electron chi connectivity index (χ3n) is 3.48. The van der Waals surface area contributed by atoms with E-state index in [1.165, 1.54) is 0 Å². The molecule has 0 amide bonds. The molecule has 4 nitrogen and oxygen atoms in total. The lowest BCUT2D eigenvalue weighted by Gasteiger charge is -2.18. The molecule has 0 spiro atoms. The maximum Gasteiger partial charge on any atom is 0.0940 e. The van der Waals surface area contributed by atoms with Crippen LogP contribution in [0.2, 0.25) is 5.02 Å². The van der Waals surface area contributed by atoms with Crippen molar-refractivity contribution in [3.63, 3.8) is 0 Å². The highest BCUT2D eigenvalue weighted by Crippen LogP contribution is 2.30. The van der Waals surface area contributed by atoms with E-state index in [2.05, 4.69) is 27.5 Å². The van der Waals surface area contributed by atoms with Crippen molar-refractivity contribution in [2.24, 2.45) is 7.05 Å². The van der Waals surface area contributed by atoms with Crippen molar-refractivity contribution in [3.05, 3.63) is 59.1 Å². The van der Waals surface area contributed by atoms with Crippen molar-refractivity contribution in [3.8, 4) is 0 Å². The van der Waals surface area contributed by atoms with Gasteiger partial charge in [0.15, 0.2) is 0 Å². The summed E-state index contributed by atoms with van der Waals surface area (Å²) in [6.07, 6.45) is 3.48. The van der Waals surface area contributed by atoms with Crippen molar-refractivity contribution in [1.29, 1.82) is 0 Å². The predicted molar refractivity (Wildman–Crippen MR) is 80.9 cm³/mol. The summed E-state index contributed by atoms with van der Waals surface area (Å²) in [7, 11) is 3.79. The molecule has 2 aromatic heterocycles. The standard InChI is InChI=1S/C15H15ClN4/c1-17-14(15-12(16)9-19-20(15)2)13-11-6-4-3-5-10(11)7-8-18-13/h3-9,14,17H,1-2H3. The van der Waals surface area contributed by atoms with E-state index in [4.69, 9.17) is 11.6 Å². The topological polar surface area (TPSA) is 42.7 Å². The van der Waals surface area contributed by atoms with Gasteiger partial charge in [-0.3, -0.25) is 9.67 Å². The third kappa shape index (κ3) is 2.07. The van der Waals surface area contributed by atoms with Gasteiger partial charge in [-0.25, -0.2) is 0 Å². The molecule has 1 unspecified atom stereocenters. The van der Waals surface area contributed by atoms with Crippen LogP contribution in [0, 0.1) is 0 Å². The minimum absolute atomic E-state index is 0.0962. The summed E-state index contributed by atoms with van der Waals surface area (Å²) in [6, 6.07) is 10.1. The third-order valence-corrected chi connectivity index (χ3v) is 3.77. The number of halogens is 1. The quantitative estimate of drug-likeness (QED) is 0.805. The van der Waals surface area contributed by atoms with Gasteiger partial charge < -0.3 is 5.32 Å². The van der Waals surface area contributed by atoms with Gasteiger partial charge in [0.1, 0.15) is 0 Å². The molecule has 0 aliphatic carbocycles. The van der Waals surface area contributed by atoms with E-state index >= 15 is 0 Å². The molecule has 0 bridgehead atoms. The molecule has 0 aliphatic rings. The molecule has 0 radical (unpaired) electrons. The molecule has 1 atom stereocenters. The minimum atomic E-state index is -0.0962. The Morgan fingerprint density at radius 2 is 2.05 bits per heavy atom. The zero-order chi connectivity index (χ0) is 14.1. The summed E-state index contributed by atoms with van der Waals surface area (Å²) in [4.78, 5) is 4.55. The smallest absolute Gasteiger partial charge is 0.0940 e. The highest BCUT2D eigenvalue weighted by atomic mass is 35.5. The normalized spacial score (nSPS) is 12.8. The summed E-state index contributed by atoms with van der Waals surface area (Å²) in [5, 5.41) is 10.4. The Morgan fingerprint density at radius 3 is 2.75 bits per heavy atom. The Hall–Kier alpha value is -1.91. The number of pyridine rings is 1. The van der Waals surface area contributed by atoms with Crippen molar-refractivity contribution in [2.75, 3.05) is 7.05 Å². The molecular weight excluding hydrogens is 272 g/mol. The first-order valence-corrected chi connectivity index (χ1v) is 6.78. The van der Waals surface area contributed by atoms with Gasteiger partial charge in [0.2, 0.25) is 0 Å². The first kappa shape index (κ1) is 13.1. The molecule has 1 N–H and O–H groups in total. The Balaban J connectivity index is 2.22. The number of aromatic nitrogens is 3. The van der Waals surface area contributed by atoms with Crippen molar-refractivity contribution < 1.29 is 0 Å². The molecule has 0 saturated carbocycles. The first-order valence-electron chi connectivity index (χ1n) is 6.40. The number of hydrogen-bond donors (Lipinski definition) is 1.